The van der Waals surface area contributed by atoms with E-state index < -0.39 is 0 Å². The molecule has 2 heterocycles. The summed E-state index contributed by atoms with van der Waals surface area (Å²) in [6.45, 7) is 6.42. The minimum atomic E-state index is 0.518. The molecule has 2 fully saturated rings. The second-order valence-electron chi connectivity index (χ2n) is 7.62. The number of ether oxygens (including phenoxy) is 1. The van der Waals surface area contributed by atoms with Crippen LogP contribution in [0.1, 0.15) is 45.4 Å². The van der Waals surface area contributed by atoms with Gasteiger partial charge in [0.2, 0.25) is 0 Å². The summed E-state index contributed by atoms with van der Waals surface area (Å²) in [4.78, 5) is 5.33. The van der Waals surface area contributed by atoms with E-state index in [2.05, 4.69) is 56.2 Å². The van der Waals surface area contributed by atoms with E-state index >= 15 is 0 Å². The molecule has 0 bridgehead atoms. The molecule has 0 unspecified atom stereocenters. The van der Waals surface area contributed by atoms with Crippen LogP contribution in [0.4, 0.5) is 11.4 Å². The Hall–Kier alpha value is -0.780. The van der Waals surface area contributed by atoms with Crippen LogP contribution < -0.4 is 10.2 Å². The summed E-state index contributed by atoms with van der Waals surface area (Å²) in [6, 6.07) is 8.02. The molecule has 0 radical (unpaired) electrons. The van der Waals surface area contributed by atoms with Crippen molar-refractivity contribution in [3.63, 3.8) is 0 Å². The molecular formula is C20H30BrN3O. The van der Waals surface area contributed by atoms with Gasteiger partial charge in [-0.2, -0.15) is 0 Å². The van der Waals surface area contributed by atoms with Crippen LogP contribution in [0.3, 0.4) is 0 Å². The normalized spacial score (nSPS) is 28.0. The van der Waals surface area contributed by atoms with Gasteiger partial charge in [-0.15, -0.1) is 0 Å². The van der Waals surface area contributed by atoms with Crippen LogP contribution >= 0.6 is 15.9 Å². The van der Waals surface area contributed by atoms with E-state index in [9.17, 15) is 0 Å². The minimum absolute atomic E-state index is 0.518. The lowest BCUT2D eigenvalue weighted by atomic mass is 9.90. The van der Waals surface area contributed by atoms with Gasteiger partial charge in [0.05, 0.1) is 24.1 Å². The molecule has 1 N–H and O–H groups in total. The van der Waals surface area contributed by atoms with E-state index in [1.807, 2.05) is 0 Å². The minimum Gasteiger partial charge on any atom is -0.379 e. The zero-order valence-electron chi connectivity index (χ0n) is 15.2. The number of halogens is 1. The van der Waals surface area contributed by atoms with Gasteiger partial charge in [0.15, 0.2) is 0 Å². The van der Waals surface area contributed by atoms with Crippen molar-refractivity contribution < 1.29 is 4.74 Å². The Kier molecular flexibility index (Phi) is 5.53. The summed E-state index contributed by atoms with van der Waals surface area (Å²) in [5, 5.41) is 3.54. The van der Waals surface area contributed by atoms with E-state index in [0.29, 0.717) is 12.1 Å². The van der Waals surface area contributed by atoms with Gasteiger partial charge in [-0.25, -0.2) is 0 Å². The van der Waals surface area contributed by atoms with Crippen molar-refractivity contribution >= 4 is 27.3 Å². The lowest BCUT2D eigenvalue weighted by Crippen LogP contribution is -2.49. The van der Waals surface area contributed by atoms with Gasteiger partial charge in [-0.1, -0.05) is 15.9 Å². The maximum atomic E-state index is 5.81. The average Bonchev–Trinajstić information content (AvgIpc) is 3.06. The molecule has 138 valence electrons. The molecule has 0 atom stereocenters. The molecule has 4 nitrogen and oxygen atoms in total. The number of benzene rings is 1. The molecule has 0 amide bonds. The lowest BCUT2D eigenvalue weighted by molar-refractivity contribution is 0.00948. The van der Waals surface area contributed by atoms with Crippen molar-refractivity contribution in [3.05, 3.63) is 22.7 Å². The number of hydrogen-bond donors (Lipinski definition) is 1. The summed E-state index contributed by atoms with van der Waals surface area (Å²) in [5.74, 6) is 0. The second kappa shape index (κ2) is 7.85. The van der Waals surface area contributed by atoms with Gasteiger partial charge in [0.25, 0.3) is 0 Å². The first-order valence-corrected chi connectivity index (χ1v) is 10.7. The first-order chi connectivity index (χ1) is 12.2. The third kappa shape index (κ3) is 3.83. The number of hydrogen-bond acceptors (Lipinski definition) is 4. The van der Waals surface area contributed by atoms with Crippen molar-refractivity contribution in [2.24, 2.45) is 0 Å². The highest BCUT2D eigenvalue weighted by atomic mass is 79.9. The number of nitrogens with zero attached hydrogens (tertiary/aromatic N) is 2. The predicted molar refractivity (Wildman–Crippen MR) is 107 cm³/mol. The third-order valence-corrected chi connectivity index (χ3v) is 6.70. The third-order valence-electron chi connectivity index (χ3n) is 6.21. The fourth-order valence-corrected chi connectivity index (χ4v) is 5.20. The Bertz CT molecular complexity index is 580. The van der Waals surface area contributed by atoms with Crippen LogP contribution in [0.15, 0.2) is 22.7 Å². The van der Waals surface area contributed by atoms with Crippen LogP contribution in [0.25, 0.3) is 0 Å². The van der Waals surface area contributed by atoms with Gasteiger partial charge in [-0.3, -0.25) is 0 Å². The van der Waals surface area contributed by atoms with E-state index in [0.717, 1.165) is 19.3 Å². The lowest BCUT2D eigenvalue weighted by Gasteiger charge is -2.43. The van der Waals surface area contributed by atoms with Crippen molar-refractivity contribution in [1.82, 2.24) is 4.90 Å². The zero-order valence-corrected chi connectivity index (χ0v) is 16.8. The number of piperidine rings is 1. The van der Waals surface area contributed by atoms with Gasteiger partial charge in [0.1, 0.15) is 0 Å². The number of anilines is 2. The Morgan fingerprint density at radius 2 is 1.84 bits per heavy atom. The summed E-state index contributed by atoms with van der Waals surface area (Å²) in [7, 11) is 0. The van der Waals surface area contributed by atoms with Crippen LogP contribution in [0, 0.1) is 0 Å². The van der Waals surface area contributed by atoms with Crippen molar-refractivity contribution in [2.75, 3.05) is 36.6 Å². The van der Waals surface area contributed by atoms with Crippen LogP contribution in [-0.4, -0.2) is 49.5 Å². The fraction of sp³-hybridized carbons (Fsp3) is 0.700. The quantitative estimate of drug-likeness (QED) is 0.797. The maximum absolute atomic E-state index is 5.81. The SMILES string of the molecule is CCOC1CCC(N2CCC(N3CNc4ccc(Br)cc43)CC2)CC1. The van der Waals surface area contributed by atoms with Crippen molar-refractivity contribution in [3.8, 4) is 0 Å². The molecule has 2 aliphatic heterocycles. The molecule has 1 aromatic carbocycles. The van der Waals surface area contributed by atoms with Crippen molar-refractivity contribution in [2.45, 2.75) is 63.6 Å². The summed E-state index contributed by atoms with van der Waals surface area (Å²) < 4.78 is 6.98. The van der Waals surface area contributed by atoms with Crippen LogP contribution in [0.5, 0.6) is 0 Å². The molecular weight excluding hydrogens is 378 g/mol. The first-order valence-electron chi connectivity index (χ1n) is 9.90. The van der Waals surface area contributed by atoms with Gasteiger partial charge in [0, 0.05) is 36.3 Å². The van der Waals surface area contributed by atoms with Crippen molar-refractivity contribution in [1.29, 1.82) is 0 Å². The van der Waals surface area contributed by atoms with Gasteiger partial charge < -0.3 is 19.9 Å². The first kappa shape index (κ1) is 17.6. The molecule has 3 aliphatic rings. The molecule has 4 rings (SSSR count). The number of fused-ring (bicyclic) bond motifs is 1. The summed E-state index contributed by atoms with van der Waals surface area (Å²) in [6.07, 6.45) is 8.20. The molecule has 1 saturated heterocycles. The summed E-state index contributed by atoms with van der Waals surface area (Å²) >= 11 is 3.62. The Morgan fingerprint density at radius 1 is 1.08 bits per heavy atom. The largest absolute Gasteiger partial charge is 0.379 e. The Labute approximate surface area is 160 Å². The number of rotatable bonds is 4. The van der Waals surface area contributed by atoms with Gasteiger partial charge >= 0.3 is 0 Å². The highest BCUT2D eigenvalue weighted by molar-refractivity contribution is 9.10. The van der Waals surface area contributed by atoms with Crippen LogP contribution in [-0.2, 0) is 4.74 Å². The zero-order chi connectivity index (χ0) is 17.2. The van der Waals surface area contributed by atoms with E-state index in [1.54, 1.807) is 0 Å². The van der Waals surface area contributed by atoms with E-state index in [1.165, 1.54) is 67.5 Å². The van der Waals surface area contributed by atoms with Crippen LogP contribution in [0.2, 0.25) is 0 Å². The standard InChI is InChI=1S/C20H30BrN3O/c1-2-25-18-6-4-16(5-7-18)23-11-9-17(10-12-23)24-14-22-19-8-3-15(21)13-20(19)24/h3,8,13,16-18,22H,2,4-7,9-12,14H2,1H3. The average molecular weight is 408 g/mol. The molecule has 1 saturated carbocycles. The topological polar surface area (TPSA) is 27.7 Å². The Morgan fingerprint density at radius 3 is 2.56 bits per heavy atom. The molecule has 25 heavy (non-hydrogen) atoms. The Balaban J connectivity index is 1.31. The molecule has 5 heteroatoms. The maximum Gasteiger partial charge on any atom is 0.0880 e. The molecule has 1 aliphatic carbocycles. The highest BCUT2D eigenvalue weighted by Gasteiger charge is 2.33. The second-order valence-corrected chi connectivity index (χ2v) is 8.53. The number of likely N-dealkylation sites (tertiary alicyclic amines) is 1. The van der Waals surface area contributed by atoms with E-state index in [4.69, 9.17) is 4.74 Å². The number of nitrogens with one attached hydrogen (secondary N) is 1. The molecule has 0 spiro atoms. The monoisotopic (exact) mass is 407 g/mol. The van der Waals surface area contributed by atoms with Gasteiger partial charge in [-0.05, 0) is 63.6 Å². The molecule has 1 aromatic rings. The highest BCUT2D eigenvalue weighted by Crippen LogP contribution is 2.37. The predicted octanol–water partition coefficient (Wildman–Crippen LogP) is 4.45. The van der Waals surface area contributed by atoms with E-state index in [-0.39, 0.29) is 0 Å². The summed E-state index contributed by atoms with van der Waals surface area (Å²) in [5.41, 5.74) is 2.64. The molecule has 0 aromatic heterocycles. The fourth-order valence-electron chi connectivity index (χ4n) is 4.85. The smallest absolute Gasteiger partial charge is 0.0880 e.